The van der Waals surface area contributed by atoms with Crippen molar-refractivity contribution in [2.75, 3.05) is 20.3 Å². The van der Waals surface area contributed by atoms with Gasteiger partial charge in [-0.1, -0.05) is 13.8 Å². The molecular weight excluding hydrogens is 332 g/mol. The van der Waals surface area contributed by atoms with E-state index in [0.717, 1.165) is 0 Å². The van der Waals surface area contributed by atoms with E-state index < -0.39 is 24.0 Å². The average Bonchev–Trinajstić information content (AvgIpc) is 2.57. The maximum Gasteiger partial charge on any atom is 0.339 e. The Balaban J connectivity index is 2.24. The van der Waals surface area contributed by atoms with Crippen molar-refractivity contribution in [3.8, 4) is 17.2 Å². The Kier molecular flexibility index (Phi) is 5.68. The number of nitrogens with one attached hydrogen (secondary N) is 1. The number of esters is 1. The molecule has 0 aliphatic carbocycles. The summed E-state index contributed by atoms with van der Waals surface area (Å²) in [6.45, 7) is 4.05. The lowest BCUT2D eigenvalue weighted by Gasteiger charge is -2.22. The van der Waals surface area contributed by atoms with E-state index in [4.69, 9.17) is 24.7 Å². The Labute approximate surface area is 144 Å². The molecule has 1 aliphatic rings. The largest absolute Gasteiger partial charge is 0.493 e. The van der Waals surface area contributed by atoms with Crippen molar-refractivity contribution < 1.29 is 33.3 Å². The number of primary amides is 1. The van der Waals surface area contributed by atoms with Gasteiger partial charge in [-0.15, -0.1) is 0 Å². The molecule has 1 atom stereocenters. The molecule has 2 rings (SSSR count). The fraction of sp³-hybridized carbons (Fsp3) is 0.438. The number of amides is 3. The lowest BCUT2D eigenvalue weighted by atomic mass is 10.1. The number of nitrogens with two attached hydrogens (primary N) is 1. The van der Waals surface area contributed by atoms with Crippen molar-refractivity contribution in [1.29, 1.82) is 0 Å². The monoisotopic (exact) mass is 352 g/mol. The normalized spacial score (nSPS) is 13.8. The van der Waals surface area contributed by atoms with E-state index >= 15 is 0 Å². The Hall–Kier alpha value is -2.97. The highest BCUT2D eigenvalue weighted by Crippen LogP contribution is 2.40. The van der Waals surface area contributed by atoms with Gasteiger partial charge in [0.1, 0.15) is 13.2 Å². The minimum absolute atomic E-state index is 0.124. The first-order valence-electron chi connectivity index (χ1n) is 7.62. The minimum Gasteiger partial charge on any atom is -0.493 e. The summed E-state index contributed by atoms with van der Waals surface area (Å²) in [6, 6.07) is 1.86. The van der Waals surface area contributed by atoms with Crippen LogP contribution in [-0.2, 0) is 9.53 Å². The van der Waals surface area contributed by atoms with E-state index in [9.17, 15) is 14.4 Å². The highest BCUT2D eigenvalue weighted by molar-refractivity contribution is 5.98. The third kappa shape index (κ3) is 4.31. The number of benzene rings is 1. The molecule has 1 aromatic rings. The van der Waals surface area contributed by atoms with Crippen LogP contribution in [0.15, 0.2) is 12.1 Å². The number of ether oxygens (including phenoxy) is 4. The van der Waals surface area contributed by atoms with Crippen molar-refractivity contribution in [3.63, 3.8) is 0 Å². The van der Waals surface area contributed by atoms with Crippen molar-refractivity contribution in [2.45, 2.75) is 20.0 Å². The van der Waals surface area contributed by atoms with Gasteiger partial charge in [0.05, 0.1) is 12.7 Å². The summed E-state index contributed by atoms with van der Waals surface area (Å²) in [6.07, 6.45) is -1.18. The number of fused-ring (bicyclic) bond motifs is 1. The molecule has 0 saturated carbocycles. The zero-order chi connectivity index (χ0) is 18.6. The van der Waals surface area contributed by atoms with Crippen molar-refractivity contribution >= 4 is 17.9 Å². The topological polar surface area (TPSA) is 126 Å². The predicted molar refractivity (Wildman–Crippen MR) is 85.8 cm³/mol. The first kappa shape index (κ1) is 18.4. The van der Waals surface area contributed by atoms with E-state index in [-0.39, 0.29) is 11.5 Å². The number of methoxy groups -OCH3 is 1. The van der Waals surface area contributed by atoms with Gasteiger partial charge in [-0.3, -0.25) is 10.1 Å². The van der Waals surface area contributed by atoms with E-state index in [1.54, 1.807) is 13.8 Å². The van der Waals surface area contributed by atoms with Gasteiger partial charge in [0, 0.05) is 0 Å². The van der Waals surface area contributed by atoms with Gasteiger partial charge in [-0.25, -0.2) is 9.59 Å². The number of hydrogen-bond acceptors (Lipinski definition) is 7. The first-order chi connectivity index (χ1) is 11.8. The summed E-state index contributed by atoms with van der Waals surface area (Å²) in [4.78, 5) is 35.2. The summed E-state index contributed by atoms with van der Waals surface area (Å²) >= 11 is 0. The second kappa shape index (κ2) is 7.73. The van der Waals surface area contributed by atoms with Gasteiger partial charge in [0.25, 0.3) is 5.91 Å². The molecule has 9 heteroatoms. The highest BCUT2D eigenvalue weighted by atomic mass is 16.6. The van der Waals surface area contributed by atoms with E-state index in [1.165, 1.54) is 19.2 Å². The van der Waals surface area contributed by atoms with Crippen LogP contribution < -0.4 is 25.3 Å². The molecule has 136 valence electrons. The predicted octanol–water partition coefficient (Wildman–Crippen LogP) is 0.843. The number of imide groups is 1. The number of carbonyl (C=O) groups is 3. The molecule has 1 aromatic carbocycles. The smallest absolute Gasteiger partial charge is 0.339 e. The van der Waals surface area contributed by atoms with Gasteiger partial charge in [-0.2, -0.15) is 0 Å². The molecule has 3 N–H and O–H groups in total. The molecule has 1 heterocycles. The summed E-state index contributed by atoms with van der Waals surface area (Å²) in [7, 11) is 1.43. The quantitative estimate of drug-likeness (QED) is 0.752. The van der Waals surface area contributed by atoms with Gasteiger partial charge in [0.2, 0.25) is 5.75 Å². The molecule has 0 aromatic heterocycles. The van der Waals surface area contributed by atoms with E-state index in [0.29, 0.717) is 30.5 Å². The van der Waals surface area contributed by atoms with E-state index in [1.807, 2.05) is 5.32 Å². The van der Waals surface area contributed by atoms with Crippen LogP contribution in [0.5, 0.6) is 17.2 Å². The lowest BCUT2D eigenvalue weighted by Crippen LogP contribution is -2.45. The van der Waals surface area contributed by atoms with Gasteiger partial charge >= 0.3 is 12.0 Å². The molecule has 0 spiro atoms. The highest BCUT2D eigenvalue weighted by Gasteiger charge is 2.29. The first-order valence-corrected chi connectivity index (χ1v) is 7.62. The summed E-state index contributed by atoms with van der Waals surface area (Å²) in [5, 5.41) is 1.91. The fourth-order valence-corrected chi connectivity index (χ4v) is 2.26. The molecule has 1 aliphatic heterocycles. The van der Waals surface area contributed by atoms with E-state index in [2.05, 4.69) is 0 Å². The Morgan fingerprint density at radius 3 is 2.48 bits per heavy atom. The Bertz CT molecular complexity index is 670. The number of hydrogen-bond donors (Lipinski definition) is 2. The Morgan fingerprint density at radius 1 is 1.20 bits per heavy atom. The van der Waals surface area contributed by atoms with Crippen molar-refractivity contribution in [1.82, 2.24) is 5.32 Å². The van der Waals surface area contributed by atoms with Crippen molar-refractivity contribution in [3.05, 3.63) is 17.7 Å². The summed E-state index contributed by atoms with van der Waals surface area (Å²) in [5.74, 6) is -0.874. The fourth-order valence-electron chi connectivity index (χ4n) is 2.26. The van der Waals surface area contributed by atoms with Crippen LogP contribution in [0.1, 0.15) is 24.2 Å². The van der Waals surface area contributed by atoms with Gasteiger partial charge in [0.15, 0.2) is 17.6 Å². The maximum absolute atomic E-state index is 12.4. The molecule has 25 heavy (non-hydrogen) atoms. The molecular formula is C16H20N2O7. The average molecular weight is 352 g/mol. The molecule has 3 amide bonds. The van der Waals surface area contributed by atoms with Crippen LogP contribution in [0.2, 0.25) is 0 Å². The zero-order valence-electron chi connectivity index (χ0n) is 14.2. The molecule has 0 bridgehead atoms. The third-order valence-corrected chi connectivity index (χ3v) is 3.41. The van der Waals surface area contributed by atoms with Crippen LogP contribution in [0, 0.1) is 5.92 Å². The van der Waals surface area contributed by atoms with Gasteiger partial charge in [-0.05, 0) is 18.1 Å². The third-order valence-electron chi connectivity index (χ3n) is 3.41. The second-order valence-corrected chi connectivity index (χ2v) is 5.63. The van der Waals surface area contributed by atoms with Crippen LogP contribution >= 0.6 is 0 Å². The number of rotatable bonds is 5. The molecule has 0 radical (unpaired) electrons. The molecule has 0 unspecified atom stereocenters. The van der Waals surface area contributed by atoms with Crippen molar-refractivity contribution in [2.24, 2.45) is 11.7 Å². The molecule has 0 fully saturated rings. The van der Waals surface area contributed by atoms with Crippen LogP contribution in [0.4, 0.5) is 4.79 Å². The summed E-state index contributed by atoms with van der Waals surface area (Å²) < 4.78 is 21.4. The number of carbonyl (C=O) groups excluding carboxylic acids is 3. The second-order valence-electron chi connectivity index (χ2n) is 5.63. The van der Waals surface area contributed by atoms with Crippen LogP contribution in [-0.4, -0.2) is 44.3 Å². The maximum atomic E-state index is 12.4. The Morgan fingerprint density at radius 2 is 1.88 bits per heavy atom. The molecule has 0 saturated heterocycles. The molecule has 9 nitrogen and oxygen atoms in total. The lowest BCUT2D eigenvalue weighted by molar-refractivity contribution is -0.130. The summed E-state index contributed by atoms with van der Waals surface area (Å²) in [5.41, 5.74) is 5.05. The zero-order valence-corrected chi connectivity index (χ0v) is 14.2. The standard InChI is InChI=1S/C16H20N2O7/c1-8(2)12(14(19)18-16(17)21)25-15(20)9-6-10(22-3)13-11(7-9)23-4-5-24-13/h6-8,12H,4-5H2,1-3H3,(H3,17,18,19,21)/t12-/m1/s1. The van der Waals surface area contributed by atoms with Crippen LogP contribution in [0.25, 0.3) is 0 Å². The van der Waals surface area contributed by atoms with Gasteiger partial charge < -0.3 is 24.7 Å². The van der Waals surface area contributed by atoms with Crippen LogP contribution in [0.3, 0.4) is 0 Å². The number of urea groups is 1. The SMILES string of the molecule is COc1cc(C(=O)O[C@@H](C(=O)NC(N)=O)C(C)C)cc2c1OCCO2. The minimum atomic E-state index is -1.18.